The van der Waals surface area contributed by atoms with Crippen molar-refractivity contribution >= 4 is 22.8 Å². The first-order valence-electron chi connectivity index (χ1n) is 8.62. The molecule has 0 aliphatic carbocycles. The predicted molar refractivity (Wildman–Crippen MR) is 98.4 cm³/mol. The summed E-state index contributed by atoms with van der Waals surface area (Å²) >= 11 is 0. The number of hydrogen-bond acceptors (Lipinski definition) is 4. The van der Waals surface area contributed by atoms with Crippen LogP contribution >= 0.6 is 0 Å². The van der Waals surface area contributed by atoms with Crippen LogP contribution in [-0.2, 0) is 4.79 Å². The number of carbonyl (C=O) groups is 1. The molecule has 1 saturated heterocycles. The van der Waals surface area contributed by atoms with Crippen molar-refractivity contribution in [3.05, 3.63) is 42.7 Å². The second-order valence-electron chi connectivity index (χ2n) is 6.33. The van der Waals surface area contributed by atoms with Crippen LogP contribution in [0.1, 0.15) is 13.3 Å². The second-order valence-corrected chi connectivity index (χ2v) is 6.33. The number of rotatable bonds is 2. The third-order valence-electron chi connectivity index (χ3n) is 4.74. The molecule has 0 spiro atoms. The summed E-state index contributed by atoms with van der Waals surface area (Å²) < 4.78 is 0. The summed E-state index contributed by atoms with van der Waals surface area (Å²) in [6.45, 7) is 4.93. The molecule has 1 N–H and O–H groups in total. The molecule has 1 aliphatic rings. The minimum atomic E-state index is 0.148. The molecule has 0 radical (unpaired) electrons. The summed E-state index contributed by atoms with van der Waals surface area (Å²) in [6, 6.07) is 10.2. The summed E-state index contributed by atoms with van der Waals surface area (Å²) in [6.07, 6.45) is 4.66. The van der Waals surface area contributed by atoms with Gasteiger partial charge in [0.05, 0.1) is 5.69 Å². The monoisotopic (exact) mass is 335 g/mol. The van der Waals surface area contributed by atoms with E-state index in [1.165, 1.54) is 0 Å². The maximum Gasteiger partial charge on any atom is 0.219 e. The lowest BCUT2D eigenvalue weighted by Gasteiger charge is -2.22. The van der Waals surface area contributed by atoms with Gasteiger partial charge in [-0.25, -0.2) is 9.97 Å². The van der Waals surface area contributed by atoms with Gasteiger partial charge in [-0.3, -0.25) is 4.79 Å². The van der Waals surface area contributed by atoms with Gasteiger partial charge in [0.15, 0.2) is 0 Å². The van der Waals surface area contributed by atoms with E-state index in [-0.39, 0.29) is 5.91 Å². The first-order chi connectivity index (χ1) is 12.2. The first kappa shape index (κ1) is 15.6. The number of aromatic amines is 1. The highest BCUT2D eigenvalue weighted by Gasteiger charge is 2.18. The normalized spacial score (nSPS) is 15.4. The zero-order valence-electron chi connectivity index (χ0n) is 14.3. The fourth-order valence-electron chi connectivity index (χ4n) is 3.40. The number of aromatic nitrogens is 3. The molecule has 3 aromatic rings. The molecule has 25 heavy (non-hydrogen) atoms. The Labute approximate surface area is 146 Å². The summed E-state index contributed by atoms with van der Waals surface area (Å²) in [5, 5.41) is 1.07. The van der Waals surface area contributed by atoms with Crippen molar-refractivity contribution in [1.82, 2.24) is 19.9 Å². The van der Waals surface area contributed by atoms with E-state index in [0.29, 0.717) is 0 Å². The van der Waals surface area contributed by atoms with Crippen molar-refractivity contribution in [2.75, 3.05) is 31.1 Å². The molecule has 3 aromatic heterocycles. The van der Waals surface area contributed by atoms with Crippen molar-refractivity contribution in [2.45, 2.75) is 13.3 Å². The largest absolute Gasteiger partial charge is 0.355 e. The molecule has 6 heteroatoms. The quantitative estimate of drug-likeness (QED) is 0.782. The third-order valence-corrected chi connectivity index (χ3v) is 4.74. The number of nitrogens with zero attached hydrogens (tertiary/aromatic N) is 4. The second kappa shape index (κ2) is 6.55. The minimum absolute atomic E-state index is 0.148. The van der Waals surface area contributed by atoms with Crippen LogP contribution in [0.5, 0.6) is 0 Å². The number of amides is 1. The Balaban J connectivity index is 1.64. The van der Waals surface area contributed by atoms with E-state index in [1.54, 1.807) is 13.1 Å². The Morgan fingerprint density at radius 2 is 2.04 bits per heavy atom. The smallest absolute Gasteiger partial charge is 0.219 e. The molecule has 4 rings (SSSR count). The average Bonchev–Trinajstić information content (AvgIpc) is 2.97. The van der Waals surface area contributed by atoms with E-state index in [9.17, 15) is 4.79 Å². The highest BCUT2D eigenvalue weighted by atomic mass is 16.2. The van der Waals surface area contributed by atoms with Crippen molar-refractivity contribution in [2.24, 2.45) is 0 Å². The molecule has 4 heterocycles. The van der Waals surface area contributed by atoms with Gasteiger partial charge in [0.1, 0.15) is 11.5 Å². The lowest BCUT2D eigenvalue weighted by Crippen LogP contribution is -2.33. The van der Waals surface area contributed by atoms with Gasteiger partial charge in [-0.1, -0.05) is 6.07 Å². The van der Waals surface area contributed by atoms with E-state index in [4.69, 9.17) is 4.98 Å². The average molecular weight is 335 g/mol. The fourth-order valence-corrected chi connectivity index (χ4v) is 3.40. The lowest BCUT2D eigenvalue weighted by molar-refractivity contribution is -0.128. The first-order valence-corrected chi connectivity index (χ1v) is 8.62. The summed E-state index contributed by atoms with van der Waals surface area (Å²) in [5.74, 6) is 1.11. The maximum absolute atomic E-state index is 11.6. The van der Waals surface area contributed by atoms with E-state index in [0.717, 1.165) is 60.7 Å². The van der Waals surface area contributed by atoms with E-state index in [1.807, 2.05) is 41.4 Å². The van der Waals surface area contributed by atoms with Crippen LogP contribution in [0.15, 0.2) is 42.7 Å². The Morgan fingerprint density at radius 1 is 1.12 bits per heavy atom. The van der Waals surface area contributed by atoms with Gasteiger partial charge in [0.2, 0.25) is 5.91 Å². The number of anilines is 1. The SMILES string of the molecule is CC(=O)N1CCCN(c2cccc(-c3ccnc4[nH]ccc34)n2)CC1. The van der Waals surface area contributed by atoms with Crippen molar-refractivity contribution in [1.29, 1.82) is 0 Å². The minimum Gasteiger partial charge on any atom is -0.355 e. The highest BCUT2D eigenvalue weighted by Crippen LogP contribution is 2.27. The standard InChI is InChI=1S/C19H21N5O/c1-14(25)23-10-3-11-24(13-12-23)18-5-2-4-17(22-18)15-6-8-20-19-16(15)7-9-21-19/h2,4-9H,3,10-13H2,1H3,(H,20,21). The van der Waals surface area contributed by atoms with E-state index in [2.05, 4.69) is 14.9 Å². The van der Waals surface area contributed by atoms with Crippen LogP contribution in [0.3, 0.4) is 0 Å². The zero-order chi connectivity index (χ0) is 17.2. The third kappa shape index (κ3) is 3.07. The Kier molecular flexibility index (Phi) is 4.09. The molecular weight excluding hydrogens is 314 g/mol. The molecular formula is C19H21N5O. The van der Waals surface area contributed by atoms with Crippen molar-refractivity contribution in [3.8, 4) is 11.3 Å². The highest BCUT2D eigenvalue weighted by molar-refractivity contribution is 5.91. The van der Waals surface area contributed by atoms with Crippen LogP contribution in [0.25, 0.3) is 22.3 Å². The molecule has 0 saturated carbocycles. The van der Waals surface area contributed by atoms with Gasteiger partial charge in [0.25, 0.3) is 0 Å². The van der Waals surface area contributed by atoms with Crippen LogP contribution in [0, 0.1) is 0 Å². The van der Waals surface area contributed by atoms with E-state index >= 15 is 0 Å². The van der Waals surface area contributed by atoms with Crippen molar-refractivity contribution < 1.29 is 4.79 Å². The van der Waals surface area contributed by atoms with Crippen LogP contribution < -0.4 is 4.90 Å². The number of hydrogen-bond donors (Lipinski definition) is 1. The van der Waals surface area contributed by atoms with Gasteiger partial charge in [-0.15, -0.1) is 0 Å². The maximum atomic E-state index is 11.6. The Bertz CT molecular complexity index is 903. The fraction of sp³-hybridized carbons (Fsp3) is 0.316. The zero-order valence-corrected chi connectivity index (χ0v) is 14.3. The number of H-pyrrole nitrogens is 1. The molecule has 0 unspecified atom stereocenters. The number of carbonyl (C=O) groups excluding carboxylic acids is 1. The molecule has 0 atom stereocenters. The number of nitrogens with one attached hydrogen (secondary N) is 1. The summed E-state index contributed by atoms with van der Waals surface area (Å²) in [4.78, 5) is 28.2. The van der Waals surface area contributed by atoms with Crippen LogP contribution in [0.4, 0.5) is 5.82 Å². The molecule has 1 fully saturated rings. The molecule has 1 amide bonds. The van der Waals surface area contributed by atoms with Gasteiger partial charge >= 0.3 is 0 Å². The summed E-state index contributed by atoms with van der Waals surface area (Å²) in [5.41, 5.74) is 2.89. The molecule has 0 bridgehead atoms. The molecule has 1 aliphatic heterocycles. The van der Waals surface area contributed by atoms with E-state index < -0.39 is 0 Å². The van der Waals surface area contributed by atoms with Crippen LogP contribution in [0.2, 0.25) is 0 Å². The number of pyridine rings is 2. The molecule has 128 valence electrons. The van der Waals surface area contributed by atoms with Gasteiger partial charge < -0.3 is 14.8 Å². The van der Waals surface area contributed by atoms with Gasteiger partial charge in [-0.2, -0.15) is 0 Å². The molecule has 6 nitrogen and oxygen atoms in total. The Morgan fingerprint density at radius 3 is 2.92 bits per heavy atom. The van der Waals surface area contributed by atoms with Crippen molar-refractivity contribution in [3.63, 3.8) is 0 Å². The topological polar surface area (TPSA) is 65.1 Å². The number of fused-ring (bicyclic) bond motifs is 1. The predicted octanol–water partition coefficient (Wildman–Crippen LogP) is 2.68. The van der Waals surface area contributed by atoms with Gasteiger partial charge in [0, 0.05) is 56.4 Å². The Hall–Kier alpha value is -2.89. The summed E-state index contributed by atoms with van der Waals surface area (Å²) in [7, 11) is 0. The van der Waals surface area contributed by atoms with Crippen LogP contribution in [-0.4, -0.2) is 51.9 Å². The molecule has 0 aromatic carbocycles. The lowest BCUT2D eigenvalue weighted by atomic mass is 10.1. The van der Waals surface area contributed by atoms with Gasteiger partial charge in [-0.05, 0) is 30.7 Å².